The largest absolute Gasteiger partial charge is 0.389 e. The van der Waals surface area contributed by atoms with Crippen molar-refractivity contribution < 1.29 is 13.5 Å². The van der Waals surface area contributed by atoms with Crippen molar-refractivity contribution in [2.24, 2.45) is 5.14 Å². The van der Waals surface area contributed by atoms with Crippen molar-refractivity contribution in [3.05, 3.63) is 29.8 Å². The zero-order valence-electron chi connectivity index (χ0n) is 12.3. The first-order valence-electron chi connectivity index (χ1n) is 6.80. The first kappa shape index (κ1) is 17.1. The monoisotopic (exact) mass is 300 g/mol. The smallest absolute Gasteiger partial charge is 0.238 e. The molecule has 0 saturated heterocycles. The third-order valence-corrected chi connectivity index (χ3v) is 4.69. The van der Waals surface area contributed by atoms with Crippen LogP contribution in [0.5, 0.6) is 0 Å². The summed E-state index contributed by atoms with van der Waals surface area (Å²) in [6, 6.07) is 6.47. The van der Waals surface area contributed by atoms with Crippen LogP contribution < -0.4 is 10.5 Å². The first-order valence-corrected chi connectivity index (χ1v) is 8.35. The lowest BCUT2D eigenvalue weighted by molar-refractivity contribution is 0.0303. The summed E-state index contributed by atoms with van der Waals surface area (Å²) in [5, 5.41) is 18.5. The summed E-state index contributed by atoms with van der Waals surface area (Å²) in [6.45, 7) is 6.38. The van der Waals surface area contributed by atoms with Gasteiger partial charge in [0.2, 0.25) is 10.0 Å². The lowest BCUT2D eigenvalue weighted by Crippen LogP contribution is -2.40. The molecule has 0 radical (unpaired) electrons. The molecule has 1 atom stereocenters. The Balaban J connectivity index is 2.72. The maximum atomic E-state index is 11.2. The van der Waals surface area contributed by atoms with Crippen LogP contribution in [-0.2, 0) is 10.0 Å². The molecule has 1 aromatic carbocycles. The molecule has 0 aromatic heterocycles. The van der Waals surface area contributed by atoms with Crippen LogP contribution in [-0.4, -0.2) is 25.7 Å². The quantitative estimate of drug-likeness (QED) is 0.712. The van der Waals surface area contributed by atoms with Crippen LogP contribution in [0.2, 0.25) is 0 Å². The molecule has 0 bridgehead atoms. The number of nitrogens with two attached hydrogens (primary N) is 1. The van der Waals surface area contributed by atoms with Gasteiger partial charge in [0.15, 0.2) is 0 Å². The Morgan fingerprint density at radius 1 is 1.25 bits per heavy atom. The second-order valence-electron chi connectivity index (χ2n) is 5.15. The number of hydrogen-bond donors (Lipinski definition) is 3. The van der Waals surface area contributed by atoms with Gasteiger partial charge in [0, 0.05) is 12.6 Å². The Hall–Kier alpha value is -0.950. The van der Waals surface area contributed by atoms with Gasteiger partial charge in [-0.3, -0.25) is 0 Å². The summed E-state index contributed by atoms with van der Waals surface area (Å²) in [7, 11) is -3.65. The highest BCUT2D eigenvalue weighted by Gasteiger charge is 2.22. The number of nitrogens with one attached hydrogen (secondary N) is 1. The van der Waals surface area contributed by atoms with Gasteiger partial charge >= 0.3 is 0 Å². The van der Waals surface area contributed by atoms with Crippen LogP contribution in [0.4, 0.5) is 0 Å². The van der Waals surface area contributed by atoms with Crippen molar-refractivity contribution in [3.8, 4) is 0 Å². The molecule has 0 saturated carbocycles. The number of sulfonamides is 1. The normalized spacial score (nSPS) is 14.2. The van der Waals surface area contributed by atoms with E-state index < -0.39 is 15.6 Å². The minimum Gasteiger partial charge on any atom is -0.389 e. The van der Waals surface area contributed by atoms with Crippen LogP contribution in [0.25, 0.3) is 0 Å². The highest BCUT2D eigenvalue weighted by Crippen LogP contribution is 2.18. The second kappa shape index (κ2) is 6.67. The van der Waals surface area contributed by atoms with Gasteiger partial charge in [0.05, 0.1) is 10.5 Å². The average Bonchev–Trinajstić information content (AvgIpc) is 2.43. The molecule has 0 aliphatic carbocycles. The van der Waals surface area contributed by atoms with E-state index in [1.165, 1.54) is 12.1 Å². The lowest BCUT2D eigenvalue weighted by Gasteiger charge is -2.27. The van der Waals surface area contributed by atoms with Crippen LogP contribution in [0.3, 0.4) is 0 Å². The highest BCUT2D eigenvalue weighted by atomic mass is 32.2. The number of rotatable bonds is 7. The number of hydrogen-bond acceptors (Lipinski definition) is 4. The molecule has 0 amide bonds. The molecule has 1 aromatic rings. The van der Waals surface area contributed by atoms with Gasteiger partial charge in [0.25, 0.3) is 0 Å². The number of primary sulfonamides is 1. The maximum absolute atomic E-state index is 11.2. The fraction of sp³-hybridized carbons (Fsp3) is 0.571. The molecule has 4 N–H and O–H groups in total. The van der Waals surface area contributed by atoms with E-state index in [9.17, 15) is 13.5 Å². The highest BCUT2D eigenvalue weighted by molar-refractivity contribution is 7.89. The molecule has 20 heavy (non-hydrogen) atoms. The summed E-state index contributed by atoms with van der Waals surface area (Å²) in [6.07, 6.45) is 1.38. The SMILES string of the molecule is CCC(O)(CC)CNC(C)c1ccc(S(N)(=O)=O)cc1. The van der Waals surface area contributed by atoms with E-state index in [4.69, 9.17) is 5.14 Å². The molecule has 6 heteroatoms. The van der Waals surface area contributed by atoms with Gasteiger partial charge in [-0.2, -0.15) is 0 Å². The molecule has 1 rings (SSSR count). The summed E-state index contributed by atoms with van der Waals surface area (Å²) < 4.78 is 22.4. The molecular formula is C14H24N2O3S. The minimum atomic E-state index is -3.65. The van der Waals surface area contributed by atoms with Crippen molar-refractivity contribution >= 4 is 10.0 Å². The summed E-state index contributed by atoms with van der Waals surface area (Å²) >= 11 is 0. The molecule has 0 fully saturated rings. The second-order valence-corrected chi connectivity index (χ2v) is 6.71. The van der Waals surface area contributed by atoms with E-state index in [0.29, 0.717) is 19.4 Å². The standard InChI is InChI=1S/C14H24N2O3S/c1-4-14(17,5-2)10-16-11(3)12-6-8-13(9-7-12)20(15,18)19/h6-9,11,16-17H,4-5,10H2,1-3H3,(H2,15,18,19). The van der Waals surface area contributed by atoms with Crippen LogP contribution in [0.1, 0.15) is 45.2 Å². The van der Waals surface area contributed by atoms with Crippen molar-refractivity contribution in [3.63, 3.8) is 0 Å². The van der Waals surface area contributed by atoms with E-state index in [-0.39, 0.29) is 10.9 Å². The predicted molar refractivity (Wildman–Crippen MR) is 79.8 cm³/mol. The van der Waals surface area contributed by atoms with Crippen molar-refractivity contribution in [2.75, 3.05) is 6.54 Å². The average molecular weight is 300 g/mol. The van der Waals surface area contributed by atoms with Gasteiger partial charge in [-0.15, -0.1) is 0 Å². The molecular weight excluding hydrogens is 276 g/mol. The van der Waals surface area contributed by atoms with Gasteiger partial charge in [-0.05, 0) is 37.5 Å². The summed E-state index contributed by atoms with van der Waals surface area (Å²) in [5.74, 6) is 0. The minimum absolute atomic E-state index is 0.0224. The maximum Gasteiger partial charge on any atom is 0.238 e. The van der Waals surface area contributed by atoms with Gasteiger partial charge < -0.3 is 10.4 Å². The Kier molecular flexibility index (Phi) is 5.70. The van der Waals surface area contributed by atoms with Crippen molar-refractivity contribution in [2.45, 2.75) is 50.2 Å². The van der Waals surface area contributed by atoms with Crippen LogP contribution in [0, 0.1) is 0 Å². The zero-order chi connectivity index (χ0) is 15.4. The Morgan fingerprint density at radius 2 is 1.75 bits per heavy atom. The van der Waals surface area contributed by atoms with E-state index in [1.807, 2.05) is 20.8 Å². The Morgan fingerprint density at radius 3 is 2.15 bits per heavy atom. The molecule has 0 heterocycles. The van der Waals surface area contributed by atoms with Gasteiger partial charge in [-0.25, -0.2) is 13.6 Å². The first-order chi connectivity index (χ1) is 9.22. The Bertz CT molecular complexity index is 522. The van der Waals surface area contributed by atoms with Crippen LogP contribution >= 0.6 is 0 Å². The third-order valence-electron chi connectivity index (χ3n) is 3.76. The van der Waals surface area contributed by atoms with E-state index >= 15 is 0 Å². The molecule has 5 nitrogen and oxygen atoms in total. The predicted octanol–water partition coefficient (Wildman–Crippen LogP) is 1.54. The molecule has 1 unspecified atom stereocenters. The molecule has 0 aliphatic rings. The number of aliphatic hydroxyl groups is 1. The van der Waals surface area contributed by atoms with E-state index in [1.54, 1.807) is 12.1 Å². The summed E-state index contributed by atoms with van der Waals surface area (Å²) in [4.78, 5) is 0.104. The number of benzene rings is 1. The lowest BCUT2D eigenvalue weighted by atomic mass is 9.96. The third kappa shape index (κ3) is 4.56. The van der Waals surface area contributed by atoms with E-state index in [2.05, 4.69) is 5.32 Å². The van der Waals surface area contributed by atoms with Gasteiger partial charge in [-0.1, -0.05) is 26.0 Å². The van der Waals surface area contributed by atoms with Gasteiger partial charge in [0.1, 0.15) is 0 Å². The molecule has 0 spiro atoms. The summed E-state index contributed by atoms with van der Waals surface area (Å²) in [5.41, 5.74) is 0.251. The fourth-order valence-corrected chi connectivity index (χ4v) is 2.42. The van der Waals surface area contributed by atoms with Crippen LogP contribution in [0.15, 0.2) is 29.2 Å². The topological polar surface area (TPSA) is 92.4 Å². The van der Waals surface area contributed by atoms with E-state index in [0.717, 1.165) is 5.56 Å². The molecule has 114 valence electrons. The van der Waals surface area contributed by atoms with Crippen molar-refractivity contribution in [1.82, 2.24) is 5.32 Å². The zero-order valence-corrected chi connectivity index (χ0v) is 13.1. The van der Waals surface area contributed by atoms with Crippen molar-refractivity contribution in [1.29, 1.82) is 0 Å². The fourth-order valence-electron chi connectivity index (χ4n) is 1.91. The Labute approximate surface area is 121 Å². The molecule has 0 aliphatic heterocycles.